The first-order valence-electron chi connectivity index (χ1n) is 7.49. The lowest BCUT2D eigenvalue weighted by molar-refractivity contribution is 0.415. The second-order valence-corrected chi connectivity index (χ2v) is 5.94. The summed E-state index contributed by atoms with van der Waals surface area (Å²) in [7, 11) is 0. The quantitative estimate of drug-likeness (QED) is 0.906. The maximum absolute atomic E-state index is 6.03. The molecule has 0 spiro atoms. The minimum Gasteiger partial charge on any atom is -0.327 e. The molecule has 3 rings (SSSR count). The Kier molecular flexibility index (Phi) is 3.38. The van der Waals surface area contributed by atoms with Gasteiger partial charge in [-0.2, -0.15) is 0 Å². The Balaban J connectivity index is 2.16. The van der Waals surface area contributed by atoms with Gasteiger partial charge in [0.2, 0.25) is 0 Å². The molecule has 3 heteroatoms. The normalized spacial score (nSPS) is 18.1. The van der Waals surface area contributed by atoms with Crippen molar-refractivity contribution in [2.45, 2.75) is 52.6 Å². The average molecular weight is 269 g/mol. The van der Waals surface area contributed by atoms with Crippen LogP contribution in [0.25, 0.3) is 11.3 Å². The molecule has 1 aromatic heterocycles. The van der Waals surface area contributed by atoms with Gasteiger partial charge in [-0.05, 0) is 50.8 Å². The maximum atomic E-state index is 6.03. The molecule has 106 valence electrons. The zero-order valence-corrected chi connectivity index (χ0v) is 12.6. The van der Waals surface area contributed by atoms with E-state index in [1.165, 1.54) is 41.1 Å². The van der Waals surface area contributed by atoms with E-state index in [1.807, 2.05) is 0 Å². The number of aryl methyl sites for hydroxylation is 3. The van der Waals surface area contributed by atoms with Crippen molar-refractivity contribution in [3.63, 3.8) is 0 Å². The number of aromatic nitrogens is 2. The second kappa shape index (κ2) is 5.06. The molecule has 2 N–H and O–H groups in total. The average Bonchev–Trinajstić information content (AvgIpc) is 2.82. The van der Waals surface area contributed by atoms with E-state index >= 15 is 0 Å². The summed E-state index contributed by atoms with van der Waals surface area (Å²) in [5, 5.41) is 0. The van der Waals surface area contributed by atoms with Crippen molar-refractivity contribution in [2.75, 3.05) is 0 Å². The highest BCUT2D eigenvalue weighted by Crippen LogP contribution is 2.32. The fourth-order valence-electron chi connectivity index (χ4n) is 3.21. The molecule has 0 aliphatic carbocycles. The smallest absolute Gasteiger partial charge is 0.109 e. The third-order valence-corrected chi connectivity index (χ3v) is 4.52. The summed E-state index contributed by atoms with van der Waals surface area (Å²) in [5.74, 6) is 1.21. The van der Waals surface area contributed by atoms with E-state index in [0.717, 1.165) is 12.1 Å². The summed E-state index contributed by atoms with van der Waals surface area (Å²) >= 11 is 0. The number of rotatable bonds is 2. The SMILES string of the molecule is Cc1ccc(-c2nc3n(c2CN)C(C)CCC3)cc1C. The predicted molar refractivity (Wildman–Crippen MR) is 82.7 cm³/mol. The summed E-state index contributed by atoms with van der Waals surface area (Å²) in [6, 6.07) is 7.09. The Hall–Kier alpha value is -1.61. The highest BCUT2D eigenvalue weighted by molar-refractivity contribution is 5.64. The van der Waals surface area contributed by atoms with E-state index in [1.54, 1.807) is 0 Å². The van der Waals surface area contributed by atoms with Crippen molar-refractivity contribution < 1.29 is 0 Å². The first-order chi connectivity index (χ1) is 9.61. The van der Waals surface area contributed by atoms with Crippen LogP contribution < -0.4 is 5.73 Å². The van der Waals surface area contributed by atoms with Crippen molar-refractivity contribution in [1.29, 1.82) is 0 Å². The molecule has 1 aliphatic heterocycles. The molecular weight excluding hydrogens is 246 g/mol. The van der Waals surface area contributed by atoms with Crippen LogP contribution in [0.15, 0.2) is 18.2 Å². The second-order valence-electron chi connectivity index (χ2n) is 5.94. The number of hydrogen-bond acceptors (Lipinski definition) is 2. The zero-order chi connectivity index (χ0) is 14.3. The van der Waals surface area contributed by atoms with Crippen molar-refractivity contribution in [1.82, 2.24) is 9.55 Å². The monoisotopic (exact) mass is 269 g/mol. The van der Waals surface area contributed by atoms with Crippen molar-refractivity contribution in [3.8, 4) is 11.3 Å². The third kappa shape index (κ3) is 2.06. The van der Waals surface area contributed by atoms with E-state index in [4.69, 9.17) is 10.7 Å². The van der Waals surface area contributed by atoms with Crippen LogP contribution in [0.4, 0.5) is 0 Å². The maximum Gasteiger partial charge on any atom is 0.109 e. The summed E-state index contributed by atoms with van der Waals surface area (Å²) in [5.41, 5.74) is 12.1. The fourth-order valence-corrected chi connectivity index (χ4v) is 3.21. The first kappa shape index (κ1) is 13.4. The third-order valence-electron chi connectivity index (χ3n) is 4.52. The van der Waals surface area contributed by atoms with Gasteiger partial charge in [-0.15, -0.1) is 0 Å². The van der Waals surface area contributed by atoms with Gasteiger partial charge in [0.1, 0.15) is 5.82 Å². The number of imidazole rings is 1. The van der Waals surface area contributed by atoms with Crippen LogP contribution in [0.2, 0.25) is 0 Å². The van der Waals surface area contributed by atoms with Gasteiger partial charge in [0.25, 0.3) is 0 Å². The molecule has 0 radical (unpaired) electrons. The lowest BCUT2D eigenvalue weighted by Gasteiger charge is -2.23. The summed E-state index contributed by atoms with van der Waals surface area (Å²) in [6.45, 7) is 7.12. The molecular formula is C17H23N3. The van der Waals surface area contributed by atoms with E-state index in [9.17, 15) is 0 Å². The molecule has 0 fully saturated rings. The van der Waals surface area contributed by atoms with Crippen LogP contribution in [0, 0.1) is 13.8 Å². The number of nitrogens with zero attached hydrogens (tertiary/aromatic N) is 2. The Bertz CT molecular complexity index is 640. The molecule has 20 heavy (non-hydrogen) atoms. The number of nitrogens with two attached hydrogens (primary N) is 1. The van der Waals surface area contributed by atoms with E-state index in [0.29, 0.717) is 12.6 Å². The Morgan fingerprint density at radius 3 is 2.80 bits per heavy atom. The lowest BCUT2D eigenvalue weighted by Crippen LogP contribution is -2.19. The minimum absolute atomic E-state index is 0.519. The van der Waals surface area contributed by atoms with Crippen LogP contribution >= 0.6 is 0 Å². The molecule has 1 atom stereocenters. The topological polar surface area (TPSA) is 43.8 Å². The molecule has 2 heterocycles. The zero-order valence-electron chi connectivity index (χ0n) is 12.6. The largest absolute Gasteiger partial charge is 0.327 e. The van der Waals surface area contributed by atoms with Gasteiger partial charge in [-0.1, -0.05) is 12.1 Å². The van der Waals surface area contributed by atoms with Gasteiger partial charge < -0.3 is 10.3 Å². The highest BCUT2D eigenvalue weighted by atomic mass is 15.1. The molecule has 1 unspecified atom stereocenters. The molecule has 2 aromatic rings. The predicted octanol–water partition coefficient (Wildman–Crippen LogP) is 3.52. The molecule has 0 bridgehead atoms. The number of benzene rings is 1. The van der Waals surface area contributed by atoms with Crippen LogP contribution in [-0.2, 0) is 13.0 Å². The highest BCUT2D eigenvalue weighted by Gasteiger charge is 2.23. The van der Waals surface area contributed by atoms with Crippen LogP contribution in [0.5, 0.6) is 0 Å². The van der Waals surface area contributed by atoms with Crippen LogP contribution in [0.1, 0.15) is 48.5 Å². The van der Waals surface area contributed by atoms with E-state index < -0.39 is 0 Å². The Labute approximate surface area is 120 Å². The van der Waals surface area contributed by atoms with E-state index in [-0.39, 0.29) is 0 Å². The Morgan fingerprint density at radius 2 is 2.10 bits per heavy atom. The first-order valence-corrected chi connectivity index (χ1v) is 7.49. The van der Waals surface area contributed by atoms with Crippen molar-refractivity contribution in [3.05, 3.63) is 40.8 Å². The standard InChI is InChI=1S/C17H23N3/c1-11-7-8-14(9-12(11)2)17-15(10-18)20-13(3)5-4-6-16(20)19-17/h7-9,13H,4-6,10,18H2,1-3H3. The molecule has 0 saturated carbocycles. The van der Waals surface area contributed by atoms with Gasteiger partial charge in [-0.25, -0.2) is 4.98 Å². The van der Waals surface area contributed by atoms with Crippen molar-refractivity contribution >= 4 is 0 Å². The lowest BCUT2D eigenvalue weighted by atomic mass is 10.0. The summed E-state index contributed by atoms with van der Waals surface area (Å²) in [6.07, 6.45) is 3.53. The van der Waals surface area contributed by atoms with Crippen LogP contribution in [-0.4, -0.2) is 9.55 Å². The summed E-state index contributed by atoms with van der Waals surface area (Å²) < 4.78 is 2.37. The van der Waals surface area contributed by atoms with Gasteiger partial charge in [0.15, 0.2) is 0 Å². The molecule has 0 saturated heterocycles. The minimum atomic E-state index is 0.519. The molecule has 0 amide bonds. The summed E-state index contributed by atoms with van der Waals surface area (Å²) in [4.78, 5) is 4.90. The number of fused-ring (bicyclic) bond motifs is 1. The van der Waals surface area contributed by atoms with Crippen molar-refractivity contribution in [2.24, 2.45) is 5.73 Å². The van der Waals surface area contributed by atoms with Gasteiger partial charge in [-0.3, -0.25) is 0 Å². The van der Waals surface area contributed by atoms with Gasteiger partial charge >= 0.3 is 0 Å². The van der Waals surface area contributed by atoms with Gasteiger partial charge in [0.05, 0.1) is 11.4 Å². The van der Waals surface area contributed by atoms with Gasteiger partial charge in [0, 0.05) is 24.6 Å². The molecule has 1 aromatic carbocycles. The number of hydrogen-bond donors (Lipinski definition) is 1. The van der Waals surface area contributed by atoms with E-state index in [2.05, 4.69) is 43.5 Å². The molecule has 1 aliphatic rings. The molecule has 3 nitrogen and oxygen atoms in total. The Morgan fingerprint density at radius 1 is 1.30 bits per heavy atom. The fraction of sp³-hybridized carbons (Fsp3) is 0.471. The van der Waals surface area contributed by atoms with Crippen LogP contribution in [0.3, 0.4) is 0 Å².